The lowest BCUT2D eigenvalue weighted by molar-refractivity contribution is -0.114. The van der Waals surface area contributed by atoms with Crippen LogP contribution in [0.3, 0.4) is 0 Å². The molecule has 3 rings (SSSR count). The number of halogens is 1. The van der Waals surface area contributed by atoms with Gasteiger partial charge in [-0.2, -0.15) is 0 Å². The number of aromatic nitrogens is 3. The molecule has 3 aromatic rings. The Morgan fingerprint density at radius 1 is 1.31 bits per heavy atom. The van der Waals surface area contributed by atoms with E-state index in [4.69, 9.17) is 11.6 Å². The average Bonchev–Trinajstić information content (AvgIpc) is 2.97. The largest absolute Gasteiger partial charge is 0.302 e. The number of nitrogens with one attached hydrogen (secondary N) is 2. The van der Waals surface area contributed by atoms with Crippen molar-refractivity contribution in [2.45, 2.75) is 13.8 Å². The summed E-state index contributed by atoms with van der Waals surface area (Å²) in [6.07, 6.45) is 1.51. The van der Waals surface area contributed by atoms with Gasteiger partial charge in [-0.1, -0.05) is 22.9 Å². The van der Waals surface area contributed by atoms with Crippen molar-refractivity contribution < 1.29 is 13.2 Å². The highest BCUT2D eigenvalue weighted by molar-refractivity contribution is 7.92. The molecule has 136 valence electrons. The summed E-state index contributed by atoms with van der Waals surface area (Å²) < 4.78 is 26.0. The number of pyridine rings is 2. The van der Waals surface area contributed by atoms with Crippen LogP contribution in [0.1, 0.15) is 13.8 Å². The highest BCUT2D eigenvalue weighted by atomic mass is 35.5. The van der Waals surface area contributed by atoms with Crippen molar-refractivity contribution in [1.29, 1.82) is 0 Å². The second-order valence-corrected chi connectivity index (χ2v) is 8.64. The van der Waals surface area contributed by atoms with E-state index < -0.39 is 10.0 Å². The molecule has 3 heterocycles. The molecule has 11 heteroatoms. The van der Waals surface area contributed by atoms with Crippen LogP contribution < -0.4 is 10.0 Å². The number of hydrogen-bond donors (Lipinski definition) is 2. The van der Waals surface area contributed by atoms with Gasteiger partial charge in [0.2, 0.25) is 15.9 Å². The molecule has 0 aliphatic heterocycles. The van der Waals surface area contributed by atoms with Gasteiger partial charge in [-0.25, -0.2) is 23.4 Å². The van der Waals surface area contributed by atoms with Crippen LogP contribution in [0.5, 0.6) is 0 Å². The molecule has 0 aromatic carbocycles. The molecule has 2 N–H and O–H groups in total. The van der Waals surface area contributed by atoms with Crippen molar-refractivity contribution in [3.05, 3.63) is 29.5 Å². The van der Waals surface area contributed by atoms with E-state index in [1.54, 1.807) is 18.2 Å². The fourth-order valence-corrected chi connectivity index (χ4v) is 3.81. The Balaban J connectivity index is 1.99. The minimum Gasteiger partial charge on any atom is -0.302 e. The van der Waals surface area contributed by atoms with Gasteiger partial charge < -0.3 is 5.32 Å². The third-order valence-electron chi connectivity index (χ3n) is 3.32. The van der Waals surface area contributed by atoms with E-state index in [1.165, 1.54) is 31.4 Å². The van der Waals surface area contributed by atoms with Gasteiger partial charge in [0.25, 0.3) is 0 Å². The summed E-state index contributed by atoms with van der Waals surface area (Å²) in [5.41, 5.74) is 2.02. The Kier molecular flexibility index (Phi) is 5.08. The van der Waals surface area contributed by atoms with E-state index in [1.807, 2.05) is 0 Å². The SMILES string of the molecule is CCS(=O)(=O)Nc1cc(-c2ccc3nc(NC(C)=O)sc3n2)cnc1Cl. The maximum Gasteiger partial charge on any atom is 0.232 e. The quantitative estimate of drug-likeness (QED) is 0.623. The first-order valence-electron chi connectivity index (χ1n) is 7.49. The van der Waals surface area contributed by atoms with Crippen LogP contribution in [0.2, 0.25) is 5.15 Å². The van der Waals surface area contributed by atoms with Gasteiger partial charge in [0.05, 0.1) is 17.1 Å². The molecule has 0 saturated carbocycles. The van der Waals surface area contributed by atoms with Crippen LogP contribution in [0.4, 0.5) is 10.8 Å². The minimum atomic E-state index is -3.48. The molecule has 0 aliphatic carbocycles. The lowest BCUT2D eigenvalue weighted by Gasteiger charge is -2.09. The lowest BCUT2D eigenvalue weighted by atomic mass is 10.2. The van der Waals surface area contributed by atoms with Crippen LogP contribution in [0.15, 0.2) is 24.4 Å². The summed E-state index contributed by atoms with van der Waals surface area (Å²) in [5.74, 6) is -0.288. The molecule has 8 nitrogen and oxygen atoms in total. The zero-order chi connectivity index (χ0) is 18.9. The van der Waals surface area contributed by atoms with E-state index in [2.05, 4.69) is 25.0 Å². The van der Waals surface area contributed by atoms with Gasteiger partial charge >= 0.3 is 0 Å². The Morgan fingerprint density at radius 2 is 2.08 bits per heavy atom. The van der Waals surface area contributed by atoms with Crippen molar-refractivity contribution in [3.8, 4) is 11.3 Å². The number of thiazole rings is 1. The molecule has 0 atom stereocenters. The zero-order valence-electron chi connectivity index (χ0n) is 13.8. The summed E-state index contributed by atoms with van der Waals surface area (Å²) in [6.45, 7) is 2.93. The number of nitrogens with zero attached hydrogens (tertiary/aromatic N) is 3. The van der Waals surface area contributed by atoms with Gasteiger partial charge in [-0.3, -0.25) is 9.52 Å². The summed E-state index contributed by atoms with van der Waals surface area (Å²) in [7, 11) is -3.48. The first kappa shape index (κ1) is 18.5. The number of anilines is 2. The molecule has 1 amide bonds. The van der Waals surface area contributed by atoms with Crippen molar-refractivity contribution >= 4 is 60.0 Å². The molecule has 0 spiro atoms. The maximum atomic E-state index is 11.8. The standard InChI is InChI=1S/C15H14ClN5O3S2/c1-3-26(23,24)21-12-6-9(7-17-13(12)16)10-4-5-11-14(19-10)25-15(20-11)18-8(2)22/h4-7,21H,3H2,1-2H3,(H,18,20,22). The van der Waals surface area contributed by atoms with Gasteiger partial charge in [0.1, 0.15) is 10.3 Å². The van der Waals surface area contributed by atoms with Gasteiger partial charge in [0, 0.05) is 18.7 Å². The van der Waals surface area contributed by atoms with Crippen LogP contribution >= 0.6 is 22.9 Å². The predicted octanol–water partition coefficient (Wildman–Crippen LogP) is 3.13. The smallest absolute Gasteiger partial charge is 0.232 e. The van der Waals surface area contributed by atoms with Crippen molar-refractivity contribution in [2.24, 2.45) is 0 Å². The molecule has 0 fully saturated rings. The van der Waals surface area contributed by atoms with Crippen LogP contribution in [-0.2, 0) is 14.8 Å². The number of hydrogen-bond acceptors (Lipinski definition) is 7. The summed E-state index contributed by atoms with van der Waals surface area (Å²) in [5, 5.41) is 3.14. The lowest BCUT2D eigenvalue weighted by Crippen LogP contribution is -2.15. The molecule has 0 unspecified atom stereocenters. The predicted molar refractivity (Wildman–Crippen MR) is 103 cm³/mol. The van der Waals surface area contributed by atoms with Crippen molar-refractivity contribution in [3.63, 3.8) is 0 Å². The zero-order valence-corrected chi connectivity index (χ0v) is 16.2. The normalized spacial score (nSPS) is 11.5. The molecular weight excluding hydrogens is 398 g/mol. The van der Waals surface area contributed by atoms with E-state index >= 15 is 0 Å². The molecule has 0 bridgehead atoms. The number of carbonyl (C=O) groups is 1. The van der Waals surface area contributed by atoms with Crippen molar-refractivity contribution in [1.82, 2.24) is 15.0 Å². The second kappa shape index (κ2) is 7.14. The highest BCUT2D eigenvalue weighted by Gasteiger charge is 2.14. The molecule has 3 aromatic heterocycles. The Morgan fingerprint density at radius 3 is 2.77 bits per heavy atom. The van der Waals surface area contributed by atoms with Gasteiger partial charge in [0.15, 0.2) is 10.3 Å². The van der Waals surface area contributed by atoms with Crippen molar-refractivity contribution in [2.75, 3.05) is 15.8 Å². The fourth-order valence-electron chi connectivity index (χ4n) is 2.08. The number of amides is 1. The first-order valence-corrected chi connectivity index (χ1v) is 10.3. The summed E-state index contributed by atoms with van der Waals surface area (Å²) >= 11 is 7.23. The highest BCUT2D eigenvalue weighted by Crippen LogP contribution is 2.30. The Bertz CT molecular complexity index is 1100. The topological polar surface area (TPSA) is 114 Å². The Hall–Kier alpha value is -2.30. The molecule has 0 aliphatic rings. The van der Waals surface area contributed by atoms with E-state index in [-0.39, 0.29) is 22.5 Å². The monoisotopic (exact) mass is 411 g/mol. The molecule has 0 radical (unpaired) electrons. The van der Waals surface area contributed by atoms with Gasteiger partial charge in [-0.15, -0.1) is 0 Å². The molecule has 26 heavy (non-hydrogen) atoms. The van der Waals surface area contributed by atoms with E-state index in [9.17, 15) is 13.2 Å². The second-order valence-electron chi connectivity index (χ2n) is 5.29. The molecule has 0 saturated heterocycles. The Labute approximate surface area is 158 Å². The number of rotatable bonds is 5. The summed E-state index contributed by atoms with van der Waals surface area (Å²) in [4.78, 5) is 24.6. The van der Waals surface area contributed by atoms with Crippen LogP contribution in [0.25, 0.3) is 21.6 Å². The average molecular weight is 412 g/mol. The summed E-state index contributed by atoms with van der Waals surface area (Å²) in [6, 6.07) is 5.08. The first-order chi connectivity index (χ1) is 12.3. The maximum absolute atomic E-state index is 11.8. The van der Waals surface area contributed by atoms with Crippen LogP contribution in [0, 0.1) is 0 Å². The van der Waals surface area contributed by atoms with Crippen LogP contribution in [-0.4, -0.2) is 35.0 Å². The number of carbonyl (C=O) groups excluding carboxylic acids is 1. The number of sulfonamides is 1. The van der Waals surface area contributed by atoms with E-state index in [0.717, 1.165) is 0 Å². The third kappa shape index (κ3) is 4.09. The third-order valence-corrected chi connectivity index (χ3v) is 5.79. The number of fused-ring (bicyclic) bond motifs is 1. The van der Waals surface area contributed by atoms with Gasteiger partial charge in [-0.05, 0) is 25.1 Å². The van der Waals surface area contributed by atoms with E-state index in [0.29, 0.717) is 26.7 Å². The molecular formula is C15H14ClN5O3S2. The fraction of sp³-hybridized carbons (Fsp3) is 0.200. The minimum absolute atomic E-state index is 0.0533.